The number of hydrogen-bond donors (Lipinski definition) is 0. The van der Waals surface area contributed by atoms with Crippen LogP contribution < -0.4 is 0 Å². The normalized spacial score (nSPS) is 9.09. The molecule has 7 nitrogen and oxygen atoms in total. The van der Waals surface area contributed by atoms with Crippen LogP contribution >= 0.6 is 88.4 Å². The Morgan fingerprint density at radius 2 is 1.09 bits per heavy atom. The average Bonchev–Trinajstić information content (AvgIpc) is 2.92. The van der Waals surface area contributed by atoms with Crippen LogP contribution in [0.5, 0.6) is 0 Å². The Bertz CT molecular complexity index is 1210. The largest absolute Gasteiger partial charge is 0.269 e. The first-order valence-corrected chi connectivity index (χ1v) is 18.2. The molecule has 0 aliphatic heterocycles. The lowest BCUT2D eigenvalue weighted by molar-refractivity contribution is -0.384. The molecule has 4 heterocycles. The zero-order valence-corrected chi connectivity index (χ0v) is 27.0. The number of halogens is 6. The van der Waals surface area contributed by atoms with Crippen molar-refractivity contribution in [2.75, 3.05) is 0 Å². The van der Waals surface area contributed by atoms with Crippen molar-refractivity contribution in [2.24, 2.45) is 0 Å². The van der Waals surface area contributed by atoms with Crippen LogP contribution in [0.3, 0.4) is 0 Å². The third kappa shape index (κ3) is 11.9. The lowest BCUT2D eigenvalue weighted by atomic mass is 10.3. The van der Waals surface area contributed by atoms with Gasteiger partial charge >= 0.3 is 0 Å². The maximum absolute atomic E-state index is 10.0. The van der Waals surface area contributed by atoms with E-state index in [-0.39, 0.29) is 5.69 Å². The minimum atomic E-state index is -0.417. The molecule has 4 aromatic heterocycles. The van der Waals surface area contributed by atoms with E-state index in [9.17, 15) is 10.1 Å². The van der Waals surface area contributed by atoms with Gasteiger partial charge < -0.3 is 0 Å². The number of non-ortho nitro benzene ring substituents is 1. The molecule has 0 radical (unpaired) electrons. The van der Waals surface area contributed by atoms with Gasteiger partial charge in [0.25, 0.3) is 5.69 Å². The summed E-state index contributed by atoms with van der Waals surface area (Å²) < 4.78 is 1.94. The van der Waals surface area contributed by atoms with Crippen molar-refractivity contribution in [1.82, 2.24) is 19.9 Å². The number of fused-ring (bicyclic) bond motifs is 2. The van der Waals surface area contributed by atoms with E-state index in [2.05, 4.69) is 108 Å². The Hall–Kier alpha value is -1.38. The molecule has 0 saturated heterocycles. The summed E-state index contributed by atoms with van der Waals surface area (Å²) in [4.78, 5) is 26.0. The molecule has 1 aromatic carbocycles. The SMILES string of the molecule is BrBr.BrBr.Brc1cnc2ncc(Br)cc2c1.O=[N+]([O-])c1ccccc1.c1cnc2ncccc2c1. The molecule has 0 spiro atoms. The second kappa shape index (κ2) is 18.8. The summed E-state index contributed by atoms with van der Waals surface area (Å²) >= 11 is 17.7. The Kier molecular flexibility index (Phi) is 17.0. The van der Waals surface area contributed by atoms with E-state index in [1.54, 1.807) is 43.0 Å². The molecular formula is C22H15Br6N5O2. The molecule has 0 aliphatic rings. The van der Waals surface area contributed by atoms with E-state index in [0.717, 1.165) is 31.0 Å². The zero-order chi connectivity index (χ0) is 26.1. The van der Waals surface area contributed by atoms with Crippen molar-refractivity contribution in [3.63, 3.8) is 0 Å². The van der Waals surface area contributed by atoms with Gasteiger partial charge in [-0.3, -0.25) is 10.1 Å². The minimum absolute atomic E-state index is 0.137. The van der Waals surface area contributed by atoms with E-state index in [4.69, 9.17) is 0 Å². The van der Waals surface area contributed by atoms with Crippen LogP contribution in [0.1, 0.15) is 0 Å². The number of nitrogens with zero attached hydrogens (tertiary/aromatic N) is 5. The van der Waals surface area contributed by atoms with Crippen LogP contribution in [0.15, 0.2) is 100 Å². The lowest BCUT2D eigenvalue weighted by Crippen LogP contribution is -1.84. The number of rotatable bonds is 1. The molecule has 0 atom stereocenters. The quantitative estimate of drug-likeness (QED) is 0.123. The highest BCUT2D eigenvalue weighted by molar-refractivity contribution is 9.93. The molecule has 182 valence electrons. The number of nitro benzene ring substituents is 1. The molecule has 0 unspecified atom stereocenters. The van der Waals surface area contributed by atoms with E-state index in [1.807, 2.05) is 36.4 Å². The fourth-order valence-corrected chi connectivity index (χ4v) is 3.13. The molecule has 5 rings (SSSR count). The number of benzene rings is 1. The van der Waals surface area contributed by atoms with Gasteiger partial charge in [0.15, 0.2) is 11.3 Å². The van der Waals surface area contributed by atoms with Crippen LogP contribution in [0.25, 0.3) is 22.1 Å². The molecule has 0 fully saturated rings. The summed E-state index contributed by atoms with van der Waals surface area (Å²) in [6, 6.07) is 19.7. The van der Waals surface area contributed by atoms with E-state index < -0.39 is 4.92 Å². The first-order chi connectivity index (χ1) is 17.0. The van der Waals surface area contributed by atoms with E-state index in [1.165, 1.54) is 12.1 Å². The Morgan fingerprint density at radius 1 is 0.629 bits per heavy atom. The maximum Gasteiger partial charge on any atom is 0.269 e. The van der Waals surface area contributed by atoms with Gasteiger partial charge in [-0.15, -0.1) is 0 Å². The Balaban J connectivity index is 0.000000247. The summed E-state index contributed by atoms with van der Waals surface area (Å²) in [5.41, 5.74) is 1.71. The van der Waals surface area contributed by atoms with Crippen LogP contribution in [0.2, 0.25) is 0 Å². The zero-order valence-electron chi connectivity index (χ0n) is 17.5. The second-order valence-corrected chi connectivity index (χ2v) is 7.83. The van der Waals surface area contributed by atoms with Crippen molar-refractivity contribution in [2.45, 2.75) is 0 Å². The number of para-hydroxylation sites is 1. The van der Waals surface area contributed by atoms with Gasteiger partial charge in [0.2, 0.25) is 0 Å². The van der Waals surface area contributed by atoms with Crippen LogP contribution in [0.4, 0.5) is 5.69 Å². The summed E-state index contributed by atoms with van der Waals surface area (Å²) in [6.45, 7) is 0. The minimum Gasteiger partial charge on any atom is -0.258 e. The molecule has 0 saturated carbocycles. The van der Waals surface area contributed by atoms with Gasteiger partial charge in [0.1, 0.15) is 0 Å². The van der Waals surface area contributed by atoms with E-state index in [0.29, 0.717) is 0 Å². The van der Waals surface area contributed by atoms with Crippen molar-refractivity contribution >= 4 is 116 Å². The molecule has 0 N–H and O–H groups in total. The third-order valence-corrected chi connectivity index (χ3v) is 4.68. The van der Waals surface area contributed by atoms with Gasteiger partial charge in [0, 0.05) is 113 Å². The number of pyridine rings is 4. The van der Waals surface area contributed by atoms with Gasteiger partial charge in [0.05, 0.1) is 4.92 Å². The molecule has 0 bridgehead atoms. The highest BCUT2D eigenvalue weighted by atomic mass is 80.9. The molecule has 5 aromatic rings. The predicted molar refractivity (Wildman–Crippen MR) is 163 cm³/mol. The highest BCUT2D eigenvalue weighted by Gasteiger charge is 1.99. The van der Waals surface area contributed by atoms with E-state index >= 15 is 0 Å². The fourth-order valence-electron chi connectivity index (χ4n) is 2.43. The molecule has 0 amide bonds. The predicted octanol–water partition coefficient (Wildman–Crippen LogP) is 9.76. The topological polar surface area (TPSA) is 94.7 Å². The standard InChI is InChI=1S/C8H4Br2N2.C8H6N2.C6H5NO2.2Br2/c9-6-1-5-2-7(10)4-12-8(5)11-3-6;1-3-7-4-2-6-10-8(7)9-5-1;8-7(9)6-4-2-1-3-5-6;2*1-2/h1-4H;1-6H;1-5H;;. The maximum atomic E-state index is 10.0. The fraction of sp³-hybridized carbons (Fsp3) is 0. The van der Waals surface area contributed by atoms with Gasteiger partial charge in [-0.1, -0.05) is 18.2 Å². The summed E-state index contributed by atoms with van der Waals surface area (Å²) in [5.74, 6) is 0. The van der Waals surface area contributed by atoms with Gasteiger partial charge in [-0.05, 0) is 68.3 Å². The van der Waals surface area contributed by atoms with Crippen LogP contribution in [0, 0.1) is 10.1 Å². The van der Waals surface area contributed by atoms with Crippen LogP contribution in [-0.4, -0.2) is 24.9 Å². The van der Waals surface area contributed by atoms with Crippen molar-refractivity contribution in [3.05, 3.63) is 111 Å². The monoisotopic (exact) mass is 855 g/mol. The number of aromatic nitrogens is 4. The summed E-state index contributed by atoms with van der Waals surface area (Å²) in [6.07, 6.45) is 6.97. The van der Waals surface area contributed by atoms with Crippen LogP contribution in [-0.2, 0) is 0 Å². The molecular weight excluding hydrogens is 846 g/mol. The second-order valence-electron chi connectivity index (χ2n) is 6.00. The van der Waals surface area contributed by atoms with Crippen molar-refractivity contribution in [1.29, 1.82) is 0 Å². The van der Waals surface area contributed by atoms with Crippen molar-refractivity contribution in [3.8, 4) is 0 Å². The Labute approximate surface area is 249 Å². The first-order valence-electron chi connectivity index (χ1n) is 9.23. The number of nitro groups is 1. The summed E-state index contributed by atoms with van der Waals surface area (Å²) in [5, 5.41) is 12.1. The average molecular weight is 861 g/mol. The van der Waals surface area contributed by atoms with Gasteiger partial charge in [-0.2, -0.15) is 0 Å². The van der Waals surface area contributed by atoms with Crippen molar-refractivity contribution < 1.29 is 4.92 Å². The Morgan fingerprint density at radius 3 is 1.49 bits per heavy atom. The molecule has 13 heteroatoms. The lowest BCUT2D eigenvalue weighted by Gasteiger charge is -1.96. The first kappa shape index (κ1) is 31.6. The molecule has 0 aliphatic carbocycles. The smallest absolute Gasteiger partial charge is 0.258 e. The van der Waals surface area contributed by atoms with Gasteiger partial charge in [-0.25, -0.2) is 19.9 Å². The highest BCUT2D eigenvalue weighted by Crippen LogP contribution is 2.18. The third-order valence-electron chi connectivity index (χ3n) is 3.81. The molecule has 35 heavy (non-hydrogen) atoms. The summed E-state index contributed by atoms with van der Waals surface area (Å²) in [7, 11) is 0. The number of hydrogen-bond acceptors (Lipinski definition) is 6.